The Balaban J connectivity index is 2.31. The Bertz CT molecular complexity index is 1510. The van der Waals surface area contributed by atoms with Gasteiger partial charge < -0.3 is 45.3 Å². The molecule has 0 radical (unpaired) electrons. The van der Waals surface area contributed by atoms with Crippen LogP contribution in [0.4, 0.5) is 0 Å². The second-order valence-electron chi connectivity index (χ2n) is 16.5. The van der Waals surface area contributed by atoms with Crippen LogP contribution in [0.3, 0.4) is 0 Å². The van der Waals surface area contributed by atoms with E-state index in [-0.39, 0.29) is 48.3 Å². The van der Waals surface area contributed by atoms with Gasteiger partial charge >= 0.3 is 5.97 Å². The van der Waals surface area contributed by atoms with E-state index in [9.17, 15) is 28.8 Å². The van der Waals surface area contributed by atoms with Crippen LogP contribution in [-0.4, -0.2) is 141 Å². The third-order valence-corrected chi connectivity index (χ3v) is 11.6. The fourth-order valence-electron chi connectivity index (χ4n) is 8.15. The molecule has 328 valence electrons. The summed E-state index contributed by atoms with van der Waals surface area (Å²) in [6.45, 7) is 15.1. The first-order valence-electron chi connectivity index (χ1n) is 20.6. The first kappa shape index (κ1) is 50.1. The molecule has 1 aliphatic heterocycles. The molecule has 1 saturated heterocycles. The molecule has 0 spiro atoms. The van der Waals surface area contributed by atoms with Crippen LogP contribution in [0.1, 0.15) is 86.6 Å². The molecule has 1 aromatic carbocycles. The molecule has 0 saturated carbocycles. The van der Waals surface area contributed by atoms with E-state index in [0.29, 0.717) is 25.8 Å². The zero-order chi connectivity index (χ0) is 44.0. The number of likely N-dealkylation sites (tertiary alicyclic amines) is 1. The van der Waals surface area contributed by atoms with Gasteiger partial charge in [-0.1, -0.05) is 85.2 Å². The topological polar surface area (TPSA) is 190 Å². The van der Waals surface area contributed by atoms with E-state index in [1.165, 1.54) is 33.3 Å². The van der Waals surface area contributed by atoms with Gasteiger partial charge in [0, 0.05) is 41.3 Å². The number of nitrogens with two attached hydrogens (primary N) is 1. The molecule has 1 aromatic rings. The number of hydrogen-bond donors (Lipinski definition) is 3. The van der Waals surface area contributed by atoms with Crippen LogP contribution in [0.25, 0.3) is 0 Å². The number of likely N-dealkylation sites (N-methyl/N-ethyl adjacent to an activating group) is 2. The number of benzene rings is 1. The lowest BCUT2D eigenvalue weighted by atomic mass is 9.89. The summed E-state index contributed by atoms with van der Waals surface area (Å²) in [5.74, 6) is -3.75. The van der Waals surface area contributed by atoms with Crippen LogP contribution in [-0.2, 0) is 49.4 Å². The van der Waals surface area contributed by atoms with Gasteiger partial charge in [-0.3, -0.25) is 24.0 Å². The zero-order valence-electron chi connectivity index (χ0n) is 37.2. The second-order valence-corrected chi connectivity index (χ2v) is 16.5. The normalized spacial score (nSPS) is 18.9. The summed E-state index contributed by atoms with van der Waals surface area (Å²) in [5.41, 5.74) is 6.71. The summed E-state index contributed by atoms with van der Waals surface area (Å²) in [4.78, 5) is 86.2. The van der Waals surface area contributed by atoms with Crippen LogP contribution >= 0.6 is 0 Å². The van der Waals surface area contributed by atoms with Gasteiger partial charge in [-0.05, 0) is 43.1 Å². The highest BCUT2D eigenvalue weighted by Gasteiger charge is 2.44. The van der Waals surface area contributed by atoms with Gasteiger partial charge in [0.15, 0.2) is 0 Å². The van der Waals surface area contributed by atoms with Crippen molar-refractivity contribution < 1.29 is 43.0 Å². The van der Waals surface area contributed by atoms with Crippen LogP contribution < -0.4 is 16.4 Å². The molecule has 0 bridgehead atoms. The van der Waals surface area contributed by atoms with E-state index in [1.54, 1.807) is 30.7 Å². The quantitative estimate of drug-likeness (QED) is 0.147. The zero-order valence-corrected chi connectivity index (χ0v) is 37.2. The van der Waals surface area contributed by atoms with Gasteiger partial charge in [0.05, 0.1) is 49.8 Å². The van der Waals surface area contributed by atoms with E-state index < -0.39 is 72.2 Å². The molecule has 0 aliphatic carbocycles. The molecule has 1 unspecified atom stereocenters. The maximum atomic E-state index is 14.4. The van der Waals surface area contributed by atoms with Crippen molar-refractivity contribution in [3.63, 3.8) is 0 Å². The molecule has 58 heavy (non-hydrogen) atoms. The van der Waals surface area contributed by atoms with E-state index >= 15 is 0 Å². The molecule has 4 N–H and O–H groups in total. The summed E-state index contributed by atoms with van der Waals surface area (Å²) in [5, 5.41) is 5.78. The lowest BCUT2D eigenvalue weighted by Crippen LogP contribution is -2.61. The lowest BCUT2D eigenvalue weighted by molar-refractivity contribution is -0.149. The standard InChI is InChI=1S/C43H72N6O9/c1-14-27(6)37(48(10)42(54)35(25(2)3)46-40(52)36(26(4)5)47(9)41(53)29(8)44)33(56-11)24-34(50)49-22-18-21-32(49)38(57-12)28(7)39(51)45-31(43(55)58-13)23-30-19-16-15-17-20-30/h15-17,19-20,25-29,31-33,35-38H,14,18,21-24,44H2,1-13H3,(H,45,51)(H,46,52)/t27-,28+,29-,31?,32-,33+,35-,36-,37-,38+/m0/s1. The summed E-state index contributed by atoms with van der Waals surface area (Å²) in [7, 11) is 7.51. The number of nitrogens with zero attached hydrogens (tertiary/aromatic N) is 3. The number of methoxy groups -OCH3 is 3. The smallest absolute Gasteiger partial charge is 0.328 e. The Morgan fingerprint density at radius 1 is 0.845 bits per heavy atom. The molecule has 10 atom stereocenters. The number of esters is 1. The van der Waals surface area contributed by atoms with Crippen LogP contribution in [0, 0.1) is 23.7 Å². The number of amides is 5. The maximum Gasteiger partial charge on any atom is 0.328 e. The van der Waals surface area contributed by atoms with Crippen LogP contribution in [0.2, 0.25) is 0 Å². The number of carbonyl (C=O) groups is 6. The van der Waals surface area contributed by atoms with Crippen molar-refractivity contribution in [1.29, 1.82) is 0 Å². The van der Waals surface area contributed by atoms with E-state index in [1.807, 2.05) is 71.9 Å². The molecule has 15 heteroatoms. The summed E-state index contributed by atoms with van der Waals surface area (Å²) in [6, 6.07) is 4.87. The average molecular weight is 817 g/mol. The molecule has 15 nitrogen and oxygen atoms in total. The van der Waals surface area contributed by atoms with Crippen LogP contribution in [0.15, 0.2) is 30.3 Å². The predicted octanol–water partition coefficient (Wildman–Crippen LogP) is 2.78. The van der Waals surface area contributed by atoms with Gasteiger partial charge in [0.25, 0.3) is 0 Å². The molecule has 2 rings (SSSR count). The molecular weight excluding hydrogens is 745 g/mol. The largest absolute Gasteiger partial charge is 0.467 e. The predicted molar refractivity (Wildman–Crippen MR) is 222 cm³/mol. The average Bonchev–Trinajstić information content (AvgIpc) is 3.68. The summed E-state index contributed by atoms with van der Waals surface area (Å²) in [6.07, 6.45) is 0.804. The first-order valence-corrected chi connectivity index (χ1v) is 20.6. The fraction of sp³-hybridized carbons (Fsp3) is 0.721. The molecule has 1 heterocycles. The molecular formula is C43H72N6O9. The van der Waals surface area contributed by atoms with Gasteiger partial charge in [-0.25, -0.2) is 4.79 Å². The van der Waals surface area contributed by atoms with Gasteiger partial charge in [-0.2, -0.15) is 0 Å². The Morgan fingerprint density at radius 3 is 1.97 bits per heavy atom. The number of rotatable bonds is 22. The first-order chi connectivity index (χ1) is 27.3. The van der Waals surface area contributed by atoms with Crippen LogP contribution in [0.5, 0.6) is 0 Å². The highest BCUT2D eigenvalue weighted by molar-refractivity contribution is 5.93. The Hall–Kier alpha value is -4.08. The van der Waals surface area contributed by atoms with Gasteiger partial charge in [0.2, 0.25) is 29.5 Å². The van der Waals surface area contributed by atoms with Gasteiger partial charge in [-0.15, -0.1) is 0 Å². The number of hydrogen-bond acceptors (Lipinski definition) is 10. The molecule has 0 aromatic heterocycles. The van der Waals surface area contributed by atoms with E-state index in [2.05, 4.69) is 10.6 Å². The Morgan fingerprint density at radius 2 is 1.47 bits per heavy atom. The minimum absolute atomic E-state index is 0.0452. The third kappa shape index (κ3) is 13.0. The van der Waals surface area contributed by atoms with Crippen molar-refractivity contribution in [2.45, 2.75) is 136 Å². The highest BCUT2D eigenvalue weighted by Crippen LogP contribution is 2.30. The monoisotopic (exact) mass is 817 g/mol. The van der Waals surface area contributed by atoms with Crippen molar-refractivity contribution in [2.24, 2.45) is 29.4 Å². The highest BCUT2D eigenvalue weighted by atomic mass is 16.5. The molecule has 1 fully saturated rings. The van der Waals surface area contributed by atoms with E-state index in [4.69, 9.17) is 19.9 Å². The third-order valence-electron chi connectivity index (χ3n) is 11.6. The number of nitrogens with one attached hydrogen (secondary N) is 2. The summed E-state index contributed by atoms with van der Waals surface area (Å²) < 4.78 is 16.9. The second kappa shape index (κ2) is 23.5. The summed E-state index contributed by atoms with van der Waals surface area (Å²) >= 11 is 0. The SMILES string of the molecule is CC[C@H](C)[C@@H]([C@@H](CC(=O)N1CCC[C@H]1[C@H](OC)[C@@H](C)C(=O)NC(Cc1ccccc1)C(=O)OC)OC)N(C)C(=O)[C@@H](NC(=O)[C@H](C(C)C)N(C)C(=O)[C@H](C)N)C(C)C. The minimum atomic E-state index is -0.929. The minimum Gasteiger partial charge on any atom is -0.467 e. The van der Waals surface area contributed by atoms with Gasteiger partial charge in [0.1, 0.15) is 18.1 Å². The molecule has 1 aliphatic rings. The van der Waals surface area contributed by atoms with Crippen molar-refractivity contribution in [3.05, 3.63) is 35.9 Å². The Labute approximate surface area is 346 Å². The van der Waals surface area contributed by atoms with E-state index in [0.717, 1.165) is 5.56 Å². The molecule has 5 amide bonds. The van der Waals surface area contributed by atoms with Crippen molar-refractivity contribution in [3.8, 4) is 0 Å². The Kier molecular flexibility index (Phi) is 20.3. The number of ether oxygens (including phenoxy) is 3. The fourth-order valence-corrected chi connectivity index (χ4v) is 8.15. The van der Waals surface area contributed by atoms with Crippen molar-refractivity contribution in [2.75, 3.05) is 42.0 Å². The van der Waals surface area contributed by atoms with Crippen molar-refractivity contribution in [1.82, 2.24) is 25.3 Å². The lowest BCUT2D eigenvalue weighted by Gasteiger charge is -2.41. The maximum absolute atomic E-state index is 14.4. The van der Waals surface area contributed by atoms with Crippen molar-refractivity contribution >= 4 is 35.5 Å². The number of carbonyl (C=O) groups excluding carboxylic acids is 6.